The van der Waals surface area contributed by atoms with Gasteiger partial charge < -0.3 is 14.5 Å². The maximum atomic E-state index is 12.5. The molecule has 0 saturated carbocycles. The zero-order valence-electron chi connectivity index (χ0n) is 24.3. The van der Waals surface area contributed by atoms with Crippen molar-refractivity contribution in [2.24, 2.45) is 0 Å². The van der Waals surface area contributed by atoms with Crippen LogP contribution in [-0.2, 0) is 24.2 Å². The Hall–Kier alpha value is -3.23. The van der Waals surface area contributed by atoms with Crippen molar-refractivity contribution in [1.29, 1.82) is 0 Å². The van der Waals surface area contributed by atoms with E-state index in [1.807, 2.05) is 39.2 Å². The Labute approximate surface area is 237 Å². The Bertz CT molecular complexity index is 1370. The standard InChI is InChI=1S/C32H42N6O2/c1-23-19-37(30-9-5-8-29-28(30)7-6-12-33-29)22-27-11-13-35(15-16-38(23)27)21-26-17-24-10-14-36(20-25(24)18-34-26)31(39)40-32(2,3)4/h5-9,12,17-18,23,27H,10-11,13-16,19-22H2,1-4H3/t23-,27+/m1/s1. The van der Waals surface area contributed by atoms with Crippen LogP contribution in [0.4, 0.5) is 10.5 Å². The summed E-state index contributed by atoms with van der Waals surface area (Å²) in [6.45, 7) is 15.5. The molecule has 3 aliphatic rings. The lowest BCUT2D eigenvalue weighted by atomic mass is 10.0. The van der Waals surface area contributed by atoms with E-state index in [0.29, 0.717) is 25.2 Å². The quantitative estimate of drug-likeness (QED) is 0.475. The van der Waals surface area contributed by atoms with Gasteiger partial charge in [0.15, 0.2) is 0 Å². The number of anilines is 1. The normalized spacial score (nSPS) is 22.5. The minimum absolute atomic E-state index is 0.242. The summed E-state index contributed by atoms with van der Waals surface area (Å²) >= 11 is 0. The monoisotopic (exact) mass is 542 g/mol. The van der Waals surface area contributed by atoms with Gasteiger partial charge in [-0.1, -0.05) is 6.07 Å². The number of ether oxygens (including phenoxy) is 1. The first kappa shape index (κ1) is 27.0. The van der Waals surface area contributed by atoms with Gasteiger partial charge in [-0.2, -0.15) is 0 Å². The zero-order chi connectivity index (χ0) is 27.9. The number of fused-ring (bicyclic) bond motifs is 3. The van der Waals surface area contributed by atoms with Crippen molar-refractivity contribution in [1.82, 2.24) is 24.7 Å². The van der Waals surface area contributed by atoms with Crippen LogP contribution < -0.4 is 4.90 Å². The summed E-state index contributed by atoms with van der Waals surface area (Å²) < 4.78 is 5.58. The van der Waals surface area contributed by atoms with Crippen LogP contribution in [0.3, 0.4) is 0 Å². The fourth-order valence-corrected chi connectivity index (χ4v) is 6.58. The van der Waals surface area contributed by atoms with Crippen LogP contribution in [0.15, 0.2) is 48.8 Å². The maximum Gasteiger partial charge on any atom is 0.410 e. The van der Waals surface area contributed by atoms with Crippen molar-refractivity contribution in [3.63, 3.8) is 0 Å². The summed E-state index contributed by atoms with van der Waals surface area (Å²) in [4.78, 5) is 31.6. The molecule has 1 aromatic carbocycles. The van der Waals surface area contributed by atoms with Gasteiger partial charge in [0.2, 0.25) is 0 Å². The third kappa shape index (κ3) is 5.79. The van der Waals surface area contributed by atoms with E-state index in [4.69, 9.17) is 9.72 Å². The molecule has 8 heteroatoms. The first-order valence-electron chi connectivity index (χ1n) is 14.7. The van der Waals surface area contributed by atoms with Crippen LogP contribution in [0, 0.1) is 0 Å². The predicted molar refractivity (Wildman–Crippen MR) is 158 cm³/mol. The van der Waals surface area contributed by atoms with Gasteiger partial charge in [-0.05, 0) is 82.0 Å². The molecule has 2 aromatic heterocycles. The highest BCUT2D eigenvalue weighted by atomic mass is 16.6. The fraction of sp³-hybridized carbons (Fsp3) is 0.531. The molecule has 2 atom stereocenters. The molecule has 3 aliphatic heterocycles. The van der Waals surface area contributed by atoms with Crippen LogP contribution in [0.5, 0.6) is 0 Å². The van der Waals surface area contributed by atoms with E-state index in [2.05, 4.69) is 56.9 Å². The van der Waals surface area contributed by atoms with E-state index in [0.717, 1.165) is 68.9 Å². The second kappa shape index (κ2) is 11.0. The molecule has 212 valence electrons. The van der Waals surface area contributed by atoms with Crippen molar-refractivity contribution < 1.29 is 9.53 Å². The van der Waals surface area contributed by atoms with Crippen molar-refractivity contribution in [3.8, 4) is 0 Å². The van der Waals surface area contributed by atoms with Crippen molar-refractivity contribution >= 4 is 22.7 Å². The molecule has 0 bridgehead atoms. The minimum Gasteiger partial charge on any atom is -0.444 e. The second-order valence-corrected chi connectivity index (χ2v) is 12.7. The Morgan fingerprint density at radius 3 is 2.75 bits per heavy atom. The average Bonchev–Trinajstić information content (AvgIpc) is 3.14. The Morgan fingerprint density at radius 2 is 1.90 bits per heavy atom. The van der Waals surface area contributed by atoms with Gasteiger partial charge in [-0.25, -0.2) is 4.79 Å². The summed E-state index contributed by atoms with van der Waals surface area (Å²) in [6, 6.07) is 14.0. The van der Waals surface area contributed by atoms with Gasteiger partial charge >= 0.3 is 6.09 Å². The molecule has 0 N–H and O–H groups in total. The number of nitrogens with zero attached hydrogens (tertiary/aromatic N) is 6. The molecule has 8 nitrogen and oxygen atoms in total. The minimum atomic E-state index is -0.482. The molecule has 6 rings (SSSR count). The first-order valence-corrected chi connectivity index (χ1v) is 14.7. The van der Waals surface area contributed by atoms with E-state index in [9.17, 15) is 4.79 Å². The number of carbonyl (C=O) groups is 1. The van der Waals surface area contributed by atoms with Gasteiger partial charge in [-0.3, -0.25) is 19.8 Å². The number of hydrogen-bond donors (Lipinski definition) is 0. The van der Waals surface area contributed by atoms with Crippen LogP contribution in [0.2, 0.25) is 0 Å². The Morgan fingerprint density at radius 1 is 1.02 bits per heavy atom. The summed E-state index contributed by atoms with van der Waals surface area (Å²) in [5.41, 5.74) is 5.46. The molecular formula is C32H42N6O2. The summed E-state index contributed by atoms with van der Waals surface area (Å²) in [5.74, 6) is 0. The highest BCUT2D eigenvalue weighted by Gasteiger charge is 2.35. The van der Waals surface area contributed by atoms with E-state index in [-0.39, 0.29) is 6.09 Å². The second-order valence-electron chi connectivity index (χ2n) is 12.7. The summed E-state index contributed by atoms with van der Waals surface area (Å²) in [5, 5.41) is 1.24. The number of carbonyl (C=O) groups excluding carboxylic acids is 1. The van der Waals surface area contributed by atoms with Crippen molar-refractivity contribution in [3.05, 3.63) is 65.6 Å². The van der Waals surface area contributed by atoms with Crippen LogP contribution in [0.1, 0.15) is 50.9 Å². The SMILES string of the molecule is C[C@@H]1CN(c2cccc3ncccc23)C[C@@H]2CCN(Cc3cc4c(cn3)CN(C(=O)OC(C)(C)C)CC4)CCN21. The summed E-state index contributed by atoms with van der Waals surface area (Å²) in [6.07, 6.45) is 5.61. The molecule has 5 heterocycles. The van der Waals surface area contributed by atoms with Gasteiger partial charge in [0.25, 0.3) is 0 Å². The molecule has 3 aromatic rings. The maximum absolute atomic E-state index is 12.5. The molecule has 2 fully saturated rings. The molecule has 0 spiro atoms. The van der Waals surface area contributed by atoms with E-state index in [1.165, 1.54) is 16.6 Å². The largest absolute Gasteiger partial charge is 0.444 e. The molecule has 40 heavy (non-hydrogen) atoms. The molecule has 2 saturated heterocycles. The number of benzene rings is 1. The Balaban J connectivity index is 1.09. The lowest BCUT2D eigenvalue weighted by Crippen LogP contribution is -2.58. The predicted octanol–water partition coefficient (Wildman–Crippen LogP) is 4.71. The van der Waals surface area contributed by atoms with E-state index >= 15 is 0 Å². The van der Waals surface area contributed by atoms with Gasteiger partial charge in [0, 0.05) is 81.4 Å². The average molecular weight is 543 g/mol. The van der Waals surface area contributed by atoms with Gasteiger partial charge in [0.05, 0.1) is 17.8 Å². The zero-order valence-corrected chi connectivity index (χ0v) is 24.3. The number of piperazine rings is 1. The molecule has 1 amide bonds. The number of rotatable bonds is 3. The third-order valence-electron chi connectivity index (χ3n) is 8.56. The first-order chi connectivity index (χ1) is 19.2. The van der Waals surface area contributed by atoms with Crippen LogP contribution in [-0.4, -0.2) is 87.7 Å². The van der Waals surface area contributed by atoms with Crippen molar-refractivity contribution in [2.75, 3.05) is 44.2 Å². The summed E-state index contributed by atoms with van der Waals surface area (Å²) in [7, 11) is 0. The molecule has 0 radical (unpaired) electrons. The van der Waals surface area contributed by atoms with Gasteiger partial charge in [-0.15, -0.1) is 0 Å². The third-order valence-corrected chi connectivity index (χ3v) is 8.56. The lowest BCUT2D eigenvalue weighted by Gasteiger charge is -2.46. The Kier molecular flexibility index (Phi) is 7.40. The number of pyridine rings is 2. The lowest BCUT2D eigenvalue weighted by molar-refractivity contribution is 0.0223. The van der Waals surface area contributed by atoms with E-state index < -0.39 is 5.60 Å². The van der Waals surface area contributed by atoms with Crippen molar-refractivity contribution in [2.45, 2.75) is 71.3 Å². The van der Waals surface area contributed by atoms with Gasteiger partial charge in [0.1, 0.15) is 5.60 Å². The highest BCUT2D eigenvalue weighted by molar-refractivity contribution is 5.91. The van der Waals surface area contributed by atoms with Crippen LogP contribution in [0.25, 0.3) is 10.9 Å². The highest BCUT2D eigenvalue weighted by Crippen LogP contribution is 2.31. The number of hydrogen-bond acceptors (Lipinski definition) is 7. The number of amides is 1. The smallest absolute Gasteiger partial charge is 0.410 e. The van der Waals surface area contributed by atoms with Crippen LogP contribution >= 0.6 is 0 Å². The molecular weight excluding hydrogens is 500 g/mol. The number of aromatic nitrogens is 2. The van der Waals surface area contributed by atoms with E-state index in [1.54, 1.807) is 4.90 Å². The molecule has 0 unspecified atom stereocenters. The fourth-order valence-electron chi connectivity index (χ4n) is 6.58. The topological polar surface area (TPSA) is 65.0 Å². The molecule has 0 aliphatic carbocycles.